The lowest BCUT2D eigenvalue weighted by molar-refractivity contribution is -0.149. The molecular formula is C9H10ClN3O3. The molecular weight excluding hydrogens is 234 g/mol. The molecule has 2 rings (SSSR count). The first-order valence-corrected chi connectivity index (χ1v) is 5.15. The number of nitrogens with zero attached hydrogens (tertiary/aromatic N) is 2. The topological polar surface area (TPSA) is 73.3 Å². The summed E-state index contributed by atoms with van der Waals surface area (Å²) in [6, 6.07) is 1.37. The zero-order chi connectivity index (χ0) is 11.4. The number of ether oxygens (including phenoxy) is 2. The normalized spacial score (nSPS) is 20.4. The van der Waals surface area contributed by atoms with Crippen molar-refractivity contribution in [2.75, 3.05) is 19.7 Å². The molecule has 16 heavy (non-hydrogen) atoms. The van der Waals surface area contributed by atoms with Crippen LogP contribution in [-0.4, -0.2) is 41.7 Å². The van der Waals surface area contributed by atoms with E-state index in [0.717, 1.165) is 6.54 Å². The van der Waals surface area contributed by atoms with Gasteiger partial charge >= 0.3 is 5.97 Å². The molecule has 1 aliphatic rings. The molecule has 0 amide bonds. The van der Waals surface area contributed by atoms with Gasteiger partial charge in [0.2, 0.25) is 5.88 Å². The van der Waals surface area contributed by atoms with Crippen LogP contribution in [0, 0.1) is 0 Å². The van der Waals surface area contributed by atoms with Crippen LogP contribution in [0.25, 0.3) is 0 Å². The predicted molar refractivity (Wildman–Crippen MR) is 55.3 cm³/mol. The van der Waals surface area contributed by atoms with Crippen molar-refractivity contribution in [1.82, 2.24) is 15.3 Å². The molecule has 0 saturated carbocycles. The minimum absolute atomic E-state index is 0.124. The maximum Gasteiger partial charge on any atom is 0.343 e. The number of halogens is 1. The molecule has 1 aromatic heterocycles. The number of rotatable bonds is 2. The van der Waals surface area contributed by atoms with E-state index in [9.17, 15) is 4.79 Å². The molecule has 0 bridgehead atoms. The molecule has 0 aromatic carbocycles. The summed E-state index contributed by atoms with van der Waals surface area (Å²) in [6.07, 6.45) is 0.632. The van der Waals surface area contributed by atoms with Crippen molar-refractivity contribution >= 4 is 17.6 Å². The quantitative estimate of drug-likeness (QED) is 0.583. The van der Waals surface area contributed by atoms with Crippen LogP contribution in [0.2, 0.25) is 5.15 Å². The number of nitrogens with one attached hydrogen (secondary N) is 1. The van der Waals surface area contributed by atoms with Crippen molar-refractivity contribution in [3.63, 3.8) is 0 Å². The summed E-state index contributed by atoms with van der Waals surface area (Å²) in [6.45, 7) is 1.67. The number of carbonyl (C=O) groups excluding carboxylic acids is 1. The van der Waals surface area contributed by atoms with Gasteiger partial charge in [-0.2, -0.15) is 0 Å². The fraction of sp³-hybridized carbons (Fsp3) is 0.444. The van der Waals surface area contributed by atoms with Gasteiger partial charge < -0.3 is 14.8 Å². The van der Waals surface area contributed by atoms with Crippen molar-refractivity contribution in [2.45, 2.75) is 6.10 Å². The van der Waals surface area contributed by atoms with E-state index in [1.54, 1.807) is 0 Å². The number of hydrogen-bond acceptors (Lipinski definition) is 6. The van der Waals surface area contributed by atoms with Gasteiger partial charge in [-0.05, 0) is 0 Å². The largest absolute Gasteiger partial charge is 0.405 e. The molecule has 0 spiro atoms. The molecule has 2 heterocycles. The minimum atomic E-state index is -0.595. The van der Waals surface area contributed by atoms with Crippen LogP contribution in [0.3, 0.4) is 0 Å². The summed E-state index contributed by atoms with van der Waals surface area (Å²) in [4.78, 5) is 19.0. The molecule has 1 aliphatic heterocycles. The number of esters is 1. The fourth-order valence-corrected chi connectivity index (χ4v) is 1.40. The third-order valence-corrected chi connectivity index (χ3v) is 2.21. The highest BCUT2D eigenvalue weighted by Gasteiger charge is 2.24. The van der Waals surface area contributed by atoms with Crippen molar-refractivity contribution < 1.29 is 14.3 Å². The second-order valence-electron chi connectivity index (χ2n) is 3.16. The molecule has 7 heteroatoms. The molecule has 1 N–H and O–H groups in total. The number of aromatic nitrogens is 2. The molecule has 1 fully saturated rings. The summed E-state index contributed by atoms with van der Waals surface area (Å²) in [5.41, 5.74) is 0. The Balaban J connectivity index is 1.96. The van der Waals surface area contributed by atoms with Crippen LogP contribution in [-0.2, 0) is 9.53 Å². The maximum absolute atomic E-state index is 11.6. The van der Waals surface area contributed by atoms with Gasteiger partial charge in [-0.25, -0.2) is 14.8 Å². The van der Waals surface area contributed by atoms with Gasteiger partial charge in [0, 0.05) is 19.2 Å². The molecule has 86 valence electrons. The number of carbonyl (C=O) groups is 1. The van der Waals surface area contributed by atoms with Crippen LogP contribution >= 0.6 is 11.6 Å². The van der Waals surface area contributed by atoms with Crippen LogP contribution < -0.4 is 10.1 Å². The summed E-state index contributed by atoms with van der Waals surface area (Å²) in [7, 11) is 0. The number of morpholine rings is 1. The smallest absolute Gasteiger partial charge is 0.343 e. The van der Waals surface area contributed by atoms with Crippen molar-refractivity contribution in [1.29, 1.82) is 0 Å². The van der Waals surface area contributed by atoms with E-state index in [1.165, 1.54) is 12.4 Å². The zero-order valence-corrected chi connectivity index (χ0v) is 9.11. The van der Waals surface area contributed by atoms with E-state index in [0.29, 0.717) is 13.2 Å². The van der Waals surface area contributed by atoms with Crippen LogP contribution in [0.15, 0.2) is 12.4 Å². The Labute approximate surface area is 96.9 Å². The highest BCUT2D eigenvalue weighted by atomic mass is 35.5. The van der Waals surface area contributed by atoms with Gasteiger partial charge in [-0.1, -0.05) is 11.6 Å². The molecule has 1 saturated heterocycles. The molecule has 1 aromatic rings. The molecule has 6 nitrogen and oxygen atoms in total. The van der Waals surface area contributed by atoms with E-state index in [2.05, 4.69) is 15.3 Å². The van der Waals surface area contributed by atoms with E-state index in [-0.39, 0.29) is 11.0 Å². The van der Waals surface area contributed by atoms with Gasteiger partial charge in [0.15, 0.2) is 6.10 Å². The summed E-state index contributed by atoms with van der Waals surface area (Å²) in [5.74, 6) is -0.360. The van der Waals surface area contributed by atoms with Gasteiger partial charge in [0.05, 0.1) is 6.61 Å². The summed E-state index contributed by atoms with van der Waals surface area (Å²) < 4.78 is 10.2. The van der Waals surface area contributed by atoms with Crippen molar-refractivity contribution in [3.05, 3.63) is 17.5 Å². The monoisotopic (exact) mass is 243 g/mol. The molecule has 0 radical (unpaired) electrons. The van der Waals surface area contributed by atoms with Gasteiger partial charge in [-0.15, -0.1) is 0 Å². The maximum atomic E-state index is 11.6. The lowest BCUT2D eigenvalue weighted by atomic mass is 10.3. The zero-order valence-electron chi connectivity index (χ0n) is 8.35. The van der Waals surface area contributed by atoms with Gasteiger partial charge in [0.25, 0.3) is 0 Å². The van der Waals surface area contributed by atoms with Crippen molar-refractivity contribution in [2.24, 2.45) is 0 Å². The second-order valence-corrected chi connectivity index (χ2v) is 3.55. The standard InChI is InChI=1S/C9H10ClN3O3/c10-7-3-8(13-5-12-7)16-9(14)6-4-11-1-2-15-6/h3,5-6,11H,1-2,4H2. The van der Waals surface area contributed by atoms with Crippen LogP contribution in [0.1, 0.15) is 0 Å². The number of hydrogen-bond donors (Lipinski definition) is 1. The Bertz CT molecular complexity index is 382. The summed E-state index contributed by atoms with van der Waals surface area (Å²) >= 11 is 5.63. The van der Waals surface area contributed by atoms with E-state index in [1.807, 2.05) is 0 Å². The third-order valence-electron chi connectivity index (χ3n) is 2.00. The fourth-order valence-electron chi connectivity index (χ4n) is 1.26. The lowest BCUT2D eigenvalue weighted by Gasteiger charge is -2.21. The first kappa shape index (κ1) is 11.3. The highest BCUT2D eigenvalue weighted by Crippen LogP contribution is 2.12. The Morgan fingerprint density at radius 2 is 2.50 bits per heavy atom. The van der Waals surface area contributed by atoms with E-state index < -0.39 is 12.1 Å². The summed E-state index contributed by atoms with van der Waals surface area (Å²) in [5, 5.41) is 3.25. The molecule has 0 aliphatic carbocycles. The lowest BCUT2D eigenvalue weighted by Crippen LogP contribution is -2.44. The first-order chi connectivity index (χ1) is 7.75. The van der Waals surface area contributed by atoms with E-state index in [4.69, 9.17) is 21.1 Å². The van der Waals surface area contributed by atoms with Crippen molar-refractivity contribution in [3.8, 4) is 5.88 Å². The Morgan fingerprint density at radius 1 is 1.62 bits per heavy atom. The predicted octanol–water partition coefficient (Wildman–Crippen LogP) is 0.0238. The van der Waals surface area contributed by atoms with E-state index >= 15 is 0 Å². The highest BCUT2D eigenvalue weighted by molar-refractivity contribution is 6.29. The second kappa shape index (κ2) is 5.20. The molecule has 1 unspecified atom stereocenters. The van der Waals surface area contributed by atoms with Gasteiger partial charge in [-0.3, -0.25) is 0 Å². The van der Waals surface area contributed by atoms with Gasteiger partial charge in [0.1, 0.15) is 11.5 Å². The Hall–Kier alpha value is -1.24. The molecule has 1 atom stereocenters. The minimum Gasteiger partial charge on any atom is -0.405 e. The van der Waals surface area contributed by atoms with Crippen LogP contribution in [0.5, 0.6) is 5.88 Å². The Kier molecular flexibility index (Phi) is 3.66. The Morgan fingerprint density at radius 3 is 3.19 bits per heavy atom. The van der Waals surface area contributed by atoms with Crippen LogP contribution in [0.4, 0.5) is 0 Å². The third kappa shape index (κ3) is 2.88. The first-order valence-electron chi connectivity index (χ1n) is 4.77. The average molecular weight is 244 g/mol. The average Bonchev–Trinajstić information content (AvgIpc) is 2.30. The SMILES string of the molecule is O=C(Oc1cc(Cl)ncn1)C1CNCCO1.